The van der Waals surface area contributed by atoms with E-state index >= 15 is 0 Å². The van der Waals surface area contributed by atoms with Gasteiger partial charge in [-0.3, -0.25) is 9.59 Å². The van der Waals surface area contributed by atoms with Gasteiger partial charge in [-0.1, -0.05) is 39.3 Å². The Morgan fingerprint density at radius 3 is 2.33 bits per heavy atom. The van der Waals surface area contributed by atoms with E-state index in [0.29, 0.717) is 36.0 Å². The number of nitrogens with one attached hydrogen (secondary N) is 1. The van der Waals surface area contributed by atoms with Gasteiger partial charge in [0.1, 0.15) is 0 Å². The smallest absolute Gasteiger partial charge is 0.255 e. The van der Waals surface area contributed by atoms with Crippen LogP contribution in [0.5, 0.6) is 0 Å². The van der Waals surface area contributed by atoms with E-state index in [1.165, 1.54) is 0 Å². The average molecular weight is 431 g/mol. The fraction of sp³-hybridized carbons (Fsp3) is 0.522. The summed E-state index contributed by atoms with van der Waals surface area (Å²) in [6.07, 6.45) is 3.77. The highest BCUT2D eigenvalue weighted by atomic mass is 35.5. The molecule has 0 spiro atoms. The van der Waals surface area contributed by atoms with E-state index < -0.39 is 0 Å². The average Bonchev–Trinajstić information content (AvgIpc) is 3.14. The van der Waals surface area contributed by atoms with E-state index in [9.17, 15) is 9.59 Å². The molecule has 7 heteroatoms. The van der Waals surface area contributed by atoms with Gasteiger partial charge in [0.25, 0.3) is 5.91 Å². The summed E-state index contributed by atoms with van der Waals surface area (Å²) in [4.78, 5) is 27.2. The van der Waals surface area contributed by atoms with E-state index in [-0.39, 0.29) is 23.8 Å². The first-order chi connectivity index (χ1) is 14.3. The molecular formula is C23H31ClN4O2. The van der Waals surface area contributed by atoms with Crippen LogP contribution in [0.2, 0.25) is 5.02 Å². The number of benzene rings is 1. The van der Waals surface area contributed by atoms with Crippen LogP contribution < -0.4 is 5.32 Å². The fourth-order valence-corrected chi connectivity index (χ4v) is 4.02. The van der Waals surface area contributed by atoms with Gasteiger partial charge in [0.2, 0.25) is 5.91 Å². The molecule has 1 N–H and O–H groups in total. The van der Waals surface area contributed by atoms with Crippen LogP contribution in [0.4, 0.5) is 0 Å². The molecule has 1 aromatic carbocycles. The third kappa shape index (κ3) is 5.22. The largest absolute Gasteiger partial charge is 0.349 e. The number of carbonyl (C=O) groups is 2. The van der Waals surface area contributed by atoms with E-state index in [1.54, 1.807) is 6.20 Å². The summed E-state index contributed by atoms with van der Waals surface area (Å²) < 4.78 is 1.81. The Balaban J connectivity index is 1.68. The molecule has 0 atom stereocenters. The number of hydrogen-bond donors (Lipinski definition) is 1. The minimum Gasteiger partial charge on any atom is -0.349 e. The second-order valence-corrected chi connectivity index (χ2v) is 9.15. The molecule has 1 saturated heterocycles. The first-order valence-corrected chi connectivity index (χ1v) is 11.1. The van der Waals surface area contributed by atoms with Gasteiger partial charge in [-0.25, -0.2) is 4.68 Å². The van der Waals surface area contributed by atoms with Crippen LogP contribution in [-0.4, -0.2) is 45.6 Å². The molecule has 6 nitrogen and oxygen atoms in total. The maximum absolute atomic E-state index is 13.0. The zero-order valence-electron chi connectivity index (χ0n) is 18.2. The molecule has 0 unspecified atom stereocenters. The molecule has 1 fully saturated rings. The lowest BCUT2D eigenvalue weighted by Crippen LogP contribution is -2.46. The number of nitrogens with zero attached hydrogens (tertiary/aromatic N) is 3. The number of halogens is 1. The van der Waals surface area contributed by atoms with Gasteiger partial charge in [-0.15, -0.1) is 0 Å². The van der Waals surface area contributed by atoms with Crippen LogP contribution >= 0.6 is 11.6 Å². The third-order valence-corrected chi connectivity index (χ3v) is 5.69. The van der Waals surface area contributed by atoms with Crippen molar-refractivity contribution >= 4 is 23.4 Å². The molecule has 2 heterocycles. The zero-order chi connectivity index (χ0) is 21.8. The van der Waals surface area contributed by atoms with E-state index in [1.807, 2.05) is 33.8 Å². The highest BCUT2D eigenvalue weighted by Crippen LogP contribution is 2.24. The number of hydrogen-bond acceptors (Lipinski definition) is 3. The molecule has 2 amide bonds. The van der Waals surface area contributed by atoms with Crippen molar-refractivity contribution in [1.29, 1.82) is 0 Å². The van der Waals surface area contributed by atoms with Crippen molar-refractivity contribution in [2.75, 3.05) is 13.1 Å². The number of aromatic nitrogens is 2. The van der Waals surface area contributed by atoms with Crippen molar-refractivity contribution < 1.29 is 9.59 Å². The monoisotopic (exact) mass is 430 g/mol. The Morgan fingerprint density at radius 2 is 1.77 bits per heavy atom. The van der Waals surface area contributed by atoms with Crippen LogP contribution in [-0.2, 0) is 4.79 Å². The SMILES string of the molecule is CC(C)CC(=O)N1CCC(NC(=O)c2cnn(-c3ccc(Cl)cc3)c2C(C)C)CC1. The van der Waals surface area contributed by atoms with Gasteiger partial charge >= 0.3 is 0 Å². The molecule has 3 rings (SSSR count). The van der Waals surface area contributed by atoms with Crippen molar-refractivity contribution in [1.82, 2.24) is 20.0 Å². The summed E-state index contributed by atoms with van der Waals surface area (Å²) in [5, 5.41) is 8.29. The lowest BCUT2D eigenvalue weighted by atomic mass is 10.0. The summed E-state index contributed by atoms with van der Waals surface area (Å²) in [5.41, 5.74) is 2.34. The maximum Gasteiger partial charge on any atom is 0.255 e. The Bertz CT molecular complexity index is 881. The normalized spacial score (nSPS) is 15.1. The van der Waals surface area contributed by atoms with Gasteiger partial charge in [0.05, 0.1) is 23.1 Å². The second-order valence-electron chi connectivity index (χ2n) is 8.71. The molecule has 30 heavy (non-hydrogen) atoms. The number of carbonyl (C=O) groups excluding carboxylic acids is 2. The Morgan fingerprint density at radius 1 is 1.13 bits per heavy atom. The fourth-order valence-electron chi connectivity index (χ4n) is 3.89. The van der Waals surface area contributed by atoms with Crippen molar-refractivity contribution in [3.63, 3.8) is 0 Å². The number of likely N-dealkylation sites (tertiary alicyclic amines) is 1. The van der Waals surface area contributed by atoms with Gasteiger partial charge in [-0.2, -0.15) is 5.10 Å². The third-order valence-electron chi connectivity index (χ3n) is 5.43. The van der Waals surface area contributed by atoms with E-state index in [0.717, 1.165) is 24.2 Å². The van der Waals surface area contributed by atoms with Gasteiger partial charge in [0, 0.05) is 30.6 Å². The predicted molar refractivity (Wildman–Crippen MR) is 119 cm³/mol. The molecule has 0 saturated carbocycles. The van der Waals surface area contributed by atoms with Crippen LogP contribution in [0.1, 0.15) is 68.9 Å². The molecule has 2 aromatic rings. The first-order valence-electron chi connectivity index (χ1n) is 10.7. The number of piperidine rings is 1. The molecule has 1 aromatic heterocycles. The minimum absolute atomic E-state index is 0.0690. The van der Waals surface area contributed by atoms with Crippen LogP contribution in [0.15, 0.2) is 30.5 Å². The van der Waals surface area contributed by atoms with Crippen molar-refractivity contribution in [2.45, 2.75) is 58.9 Å². The summed E-state index contributed by atoms with van der Waals surface area (Å²) in [7, 11) is 0. The topological polar surface area (TPSA) is 67.2 Å². The van der Waals surface area contributed by atoms with E-state index in [2.05, 4.69) is 38.1 Å². The number of amides is 2. The van der Waals surface area contributed by atoms with Crippen molar-refractivity contribution in [3.05, 3.63) is 46.7 Å². The van der Waals surface area contributed by atoms with Gasteiger partial charge in [0.15, 0.2) is 0 Å². The molecular weight excluding hydrogens is 400 g/mol. The second kappa shape index (κ2) is 9.65. The Labute approximate surface area is 183 Å². The Kier molecular flexibility index (Phi) is 7.19. The molecule has 0 bridgehead atoms. The highest BCUT2D eigenvalue weighted by Gasteiger charge is 2.27. The minimum atomic E-state index is -0.106. The van der Waals surface area contributed by atoms with Crippen LogP contribution in [0, 0.1) is 5.92 Å². The summed E-state index contributed by atoms with van der Waals surface area (Å²) >= 11 is 6.00. The molecule has 1 aliphatic rings. The van der Waals surface area contributed by atoms with Crippen molar-refractivity contribution in [3.8, 4) is 5.69 Å². The maximum atomic E-state index is 13.0. The summed E-state index contributed by atoms with van der Waals surface area (Å²) in [6, 6.07) is 7.49. The van der Waals surface area contributed by atoms with E-state index in [4.69, 9.17) is 11.6 Å². The zero-order valence-corrected chi connectivity index (χ0v) is 18.9. The molecule has 0 radical (unpaired) electrons. The molecule has 0 aliphatic carbocycles. The quantitative estimate of drug-likeness (QED) is 0.737. The Hall–Kier alpha value is -2.34. The standard InChI is InChI=1S/C23H31ClN4O2/c1-15(2)13-21(29)27-11-9-18(10-12-27)26-23(30)20-14-25-28(22(20)16(3)4)19-7-5-17(24)6-8-19/h5-8,14-16,18H,9-13H2,1-4H3,(H,26,30). The summed E-state index contributed by atoms with van der Waals surface area (Å²) in [5.74, 6) is 0.591. The predicted octanol–water partition coefficient (Wildman–Crippen LogP) is 4.42. The lowest BCUT2D eigenvalue weighted by Gasteiger charge is -2.33. The van der Waals surface area contributed by atoms with Crippen molar-refractivity contribution in [2.24, 2.45) is 5.92 Å². The number of rotatable bonds is 6. The van der Waals surface area contributed by atoms with Gasteiger partial charge < -0.3 is 10.2 Å². The van der Waals surface area contributed by atoms with Gasteiger partial charge in [-0.05, 0) is 48.9 Å². The molecule has 162 valence electrons. The highest BCUT2D eigenvalue weighted by molar-refractivity contribution is 6.30. The lowest BCUT2D eigenvalue weighted by molar-refractivity contribution is -0.133. The van der Waals surface area contributed by atoms with Crippen LogP contribution in [0.3, 0.4) is 0 Å². The summed E-state index contributed by atoms with van der Waals surface area (Å²) in [6.45, 7) is 9.61. The molecule has 1 aliphatic heterocycles. The first kappa shape index (κ1) is 22.3. The van der Waals surface area contributed by atoms with Crippen LogP contribution in [0.25, 0.3) is 5.69 Å².